The fraction of sp³-hybridized carbons (Fsp3) is 0.700. The van der Waals surface area contributed by atoms with Crippen LogP contribution < -0.4 is 15.4 Å². The zero-order valence-electron chi connectivity index (χ0n) is 26.0. The minimum Gasteiger partial charge on any atom is -0.490 e. The quantitative estimate of drug-likeness (QED) is 0.386. The van der Waals surface area contributed by atoms with E-state index in [0.29, 0.717) is 30.9 Å². The van der Waals surface area contributed by atoms with Crippen molar-refractivity contribution in [2.75, 3.05) is 38.7 Å². The average molecular weight is 617 g/mol. The molecule has 0 unspecified atom stereocenters. The van der Waals surface area contributed by atoms with Gasteiger partial charge in [0.2, 0.25) is 5.91 Å². The van der Waals surface area contributed by atoms with Crippen molar-refractivity contribution in [2.45, 2.75) is 97.2 Å². The molecule has 1 heterocycles. The minimum atomic E-state index is -4.43. The highest BCUT2D eigenvalue weighted by atomic mass is 19.4. The average Bonchev–Trinajstić information content (AvgIpc) is 2.92. The summed E-state index contributed by atoms with van der Waals surface area (Å²) >= 11 is 0. The number of benzene rings is 1. The number of aliphatic hydroxyl groups is 1. The summed E-state index contributed by atoms with van der Waals surface area (Å²) in [4.78, 5) is 41.6. The highest BCUT2D eigenvalue weighted by Gasteiger charge is 2.32. The molecule has 0 bridgehead atoms. The summed E-state index contributed by atoms with van der Waals surface area (Å²) in [5, 5.41) is 15.5. The number of halogens is 3. The molecule has 0 fully saturated rings. The van der Waals surface area contributed by atoms with Gasteiger partial charge in [0.15, 0.2) is 0 Å². The summed E-state index contributed by atoms with van der Waals surface area (Å²) < 4.78 is 50.4. The molecule has 1 aromatic carbocycles. The maximum atomic E-state index is 14.1. The highest BCUT2D eigenvalue weighted by molar-refractivity contribution is 5.99. The number of carbonyl (C=O) groups excluding carboxylic acids is 3. The molecule has 0 saturated carbocycles. The number of hydrogen-bond donors (Lipinski definition) is 3. The van der Waals surface area contributed by atoms with Gasteiger partial charge < -0.3 is 35.0 Å². The van der Waals surface area contributed by atoms with E-state index in [4.69, 9.17) is 9.47 Å². The van der Waals surface area contributed by atoms with Gasteiger partial charge in [0, 0.05) is 50.8 Å². The van der Waals surface area contributed by atoms with Gasteiger partial charge >= 0.3 is 12.2 Å². The third kappa shape index (κ3) is 12.2. The number of hydrogen-bond acceptors (Lipinski definition) is 6. The third-order valence-corrected chi connectivity index (χ3v) is 7.23. The second-order valence-corrected chi connectivity index (χ2v) is 11.7. The van der Waals surface area contributed by atoms with Gasteiger partial charge in [-0.25, -0.2) is 4.79 Å². The maximum absolute atomic E-state index is 14.1. The number of likely N-dealkylation sites (N-methyl/N-ethyl adjacent to an activating group) is 1. The number of urea groups is 1. The molecule has 0 aliphatic carbocycles. The summed E-state index contributed by atoms with van der Waals surface area (Å²) in [7, 11) is 1.44. The normalized spacial score (nSPS) is 21.3. The van der Waals surface area contributed by atoms with Crippen LogP contribution in [-0.2, 0) is 9.53 Å². The highest BCUT2D eigenvalue weighted by Crippen LogP contribution is 2.29. The SMILES string of the molecule is CC(C)NC(=O)Nc1ccc2c(c1)C(=O)N([C@@H](C)CO)C[C@@H](C)[C@H](CN(C)C(=O)CCC(F)(F)F)OCCCC[C@@H](C)O2. The molecule has 0 aromatic heterocycles. The fourth-order valence-electron chi connectivity index (χ4n) is 4.70. The molecule has 2 rings (SSSR count). The van der Waals surface area contributed by atoms with E-state index in [0.717, 1.165) is 6.42 Å². The van der Waals surface area contributed by atoms with E-state index >= 15 is 0 Å². The van der Waals surface area contributed by atoms with Gasteiger partial charge in [-0.1, -0.05) is 6.92 Å². The number of anilines is 1. The second kappa shape index (κ2) is 16.7. The standard InChI is InChI=1S/C30H47F3N4O6/c1-19(2)34-29(41)35-23-10-11-25-24(15-23)28(40)37(21(4)18-38)16-20(3)26(42-14-8-7-9-22(5)43-25)17-36(6)27(39)12-13-30(31,32)33/h10-11,15,19-22,26,38H,7-9,12-14,16-18H2,1-6H3,(H2,34,35,41)/t20-,21+,22-,26+/m1/s1. The summed E-state index contributed by atoms with van der Waals surface area (Å²) in [6, 6.07) is 3.69. The summed E-state index contributed by atoms with van der Waals surface area (Å²) in [6.45, 7) is 9.26. The lowest BCUT2D eigenvalue weighted by Crippen LogP contribution is -2.48. The Balaban J connectivity index is 2.40. The minimum absolute atomic E-state index is 0.0442. The first-order chi connectivity index (χ1) is 20.1. The molecule has 0 saturated heterocycles. The number of ether oxygens (including phenoxy) is 2. The molecule has 4 atom stereocenters. The number of rotatable bonds is 8. The third-order valence-electron chi connectivity index (χ3n) is 7.23. The van der Waals surface area contributed by atoms with Crippen LogP contribution in [0.1, 0.15) is 77.1 Å². The Morgan fingerprint density at radius 3 is 2.51 bits per heavy atom. The zero-order chi connectivity index (χ0) is 32.3. The number of alkyl halides is 3. The van der Waals surface area contributed by atoms with Crippen LogP contribution in [0.25, 0.3) is 0 Å². The van der Waals surface area contributed by atoms with Gasteiger partial charge in [-0.15, -0.1) is 0 Å². The molecule has 1 aliphatic rings. The van der Waals surface area contributed by atoms with E-state index in [9.17, 15) is 32.7 Å². The van der Waals surface area contributed by atoms with Crippen molar-refractivity contribution in [3.8, 4) is 5.75 Å². The molecule has 13 heteroatoms. The Morgan fingerprint density at radius 2 is 1.88 bits per heavy atom. The zero-order valence-corrected chi connectivity index (χ0v) is 26.0. The monoisotopic (exact) mass is 616 g/mol. The van der Waals surface area contributed by atoms with Gasteiger partial charge in [0.25, 0.3) is 5.91 Å². The molecule has 4 amide bonds. The first-order valence-corrected chi connectivity index (χ1v) is 14.8. The summed E-state index contributed by atoms with van der Waals surface area (Å²) in [5.74, 6) is -1.10. The molecule has 0 spiro atoms. The number of carbonyl (C=O) groups is 3. The number of nitrogens with one attached hydrogen (secondary N) is 2. The molecular formula is C30H47F3N4O6. The van der Waals surface area contributed by atoms with E-state index in [1.807, 2.05) is 27.7 Å². The Kier molecular flexibility index (Phi) is 14.0. The largest absolute Gasteiger partial charge is 0.490 e. The van der Waals surface area contributed by atoms with Crippen molar-refractivity contribution < 1.29 is 42.1 Å². The first kappa shape index (κ1) is 36.1. The maximum Gasteiger partial charge on any atom is 0.389 e. The molecular weight excluding hydrogens is 569 g/mol. The van der Waals surface area contributed by atoms with Crippen LogP contribution >= 0.6 is 0 Å². The Labute approximate surface area is 252 Å². The van der Waals surface area contributed by atoms with E-state index < -0.39 is 49.0 Å². The van der Waals surface area contributed by atoms with E-state index in [1.165, 1.54) is 16.8 Å². The number of amides is 4. The molecule has 10 nitrogen and oxygen atoms in total. The molecule has 244 valence electrons. The summed E-state index contributed by atoms with van der Waals surface area (Å²) in [5.41, 5.74) is 0.586. The topological polar surface area (TPSA) is 120 Å². The lowest BCUT2D eigenvalue weighted by Gasteiger charge is -2.36. The molecule has 43 heavy (non-hydrogen) atoms. The lowest BCUT2D eigenvalue weighted by molar-refractivity contribution is -0.149. The fourth-order valence-corrected chi connectivity index (χ4v) is 4.70. The predicted molar refractivity (Wildman–Crippen MR) is 157 cm³/mol. The second-order valence-electron chi connectivity index (χ2n) is 11.7. The van der Waals surface area contributed by atoms with Crippen molar-refractivity contribution in [3.63, 3.8) is 0 Å². The number of fused-ring (bicyclic) bond motifs is 1. The van der Waals surface area contributed by atoms with Crippen LogP contribution in [0.15, 0.2) is 18.2 Å². The Bertz CT molecular complexity index is 1070. The van der Waals surface area contributed by atoms with E-state index in [2.05, 4.69) is 10.6 Å². The van der Waals surface area contributed by atoms with Gasteiger partial charge in [0.05, 0.1) is 36.8 Å². The van der Waals surface area contributed by atoms with Gasteiger partial charge in [-0.2, -0.15) is 13.2 Å². The van der Waals surface area contributed by atoms with Crippen molar-refractivity contribution in [2.24, 2.45) is 5.92 Å². The predicted octanol–water partition coefficient (Wildman–Crippen LogP) is 4.81. The molecule has 1 aromatic rings. The van der Waals surface area contributed by atoms with Gasteiger partial charge in [0.1, 0.15) is 5.75 Å². The van der Waals surface area contributed by atoms with Crippen LogP contribution in [-0.4, -0.2) is 96.6 Å². The summed E-state index contributed by atoms with van der Waals surface area (Å²) in [6.07, 6.45) is -5.00. The Morgan fingerprint density at radius 1 is 1.19 bits per heavy atom. The number of aliphatic hydroxyl groups excluding tert-OH is 1. The smallest absolute Gasteiger partial charge is 0.389 e. The van der Waals surface area contributed by atoms with Crippen molar-refractivity contribution in [3.05, 3.63) is 23.8 Å². The van der Waals surface area contributed by atoms with Gasteiger partial charge in [-0.3, -0.25) is 9.59 Å². The molecule has 3 N–H and O–H groups in total. The molecule has 1 aliphatic heterocycles. The van der Waals surface area contributed by atoms with Crippen molar-refractivity contribution in [1.82, 2.24) is 15.1 Å². The van der Waals surface area contributed by atoms with E-state index in [-0.39, 0.29) is 43.3 Å². The van der Waals surface area contributed by atoms with Crippen LogP contribution in [0.4, 0.5) is 23.7 Å². The van der Waals surface area contributed by atoms with Crippen LogP contribution in [0.2, 0.25) is 0 Å². The van der Waals surface area contributed by atoms with Crippen LogP contribution in [0, 0.1) is 5.92 Å². The van der Waals surface area contributed by atoms with E-state index in [1.54, 1.807) is 25.1 Å². The van der Waals surface area contributed by atoms with Crippen molar-refractivity contribution >= 4 is 23.5 Å². The first-order valence-electron chi connectivity index (χ1n) is 14.8. The number of nitrogens with zero attached hydrogens (tertiary/aromatic N) is 2. The van der Waals surface area contributed by atoms with Crippen LogP contribution in [0.3, 0.4) is 0 Å². The van der Waals surface area contributed by atoms with Crippen LogP contribution in [0.5, 0.6) is 5.75 Å². The van der Waals surface area contributed by atoms with Crippen molar-refractivity contribution in [1.29, 1.82) is 0 Å². The lowest BCUT2D eigenvalue weighted by atomic mass is 10.0. The molecule has 0 radical (unpaired) electrons. The Hall–Kier alpha value is -3.06. The van der Waals surface area contributed by atoms with Gasteiger partial charge in [-0.05, 0) is 65.2 Å².